The quantitative estimate of drug-likeness (QED) is 0.466. The first kappa shape index (κ1) is 30.8. The topological polar surface area (TPSA) is 127 Å². The molecule has 0 atom stereocenters. The lowest BCUT2D eigenvalue weighted by atomic mass is 10.1. The number of hydrogen-bond acceptors (Lipinski definition) is 8. The number of aliphatic carboxylic acids is 1. The van der Waals surface area contributed by atoms with Gasteiger partial charge in [-0.25, -0.2) is 4.79 Å². The number of carbonyl (C=O) groups excluding carboxylic acids is 2. The standard InChI is InChI=1S/C20H31N3O6.C2HF3O2/c1-26-12-11-23(8-5-18(24)22-9-6-21-7-10-22)20(25)15-13-16(27-2)19(29-4)17(14-15)28-3;3-2(4,5)1(6)7/h13-14,21H,5-12H2,1-4H3;(H,6,7). The number of alkyl halides is 3. The SMILES string of the molecule is COCCN(CCC(=O)N1CCNCC1)C(=O)c1cc(OC)c(OC)c(OC)c1.O=C(O)C(F)(F)F. The van der Waals surface area contributed by atoms with E-state index < -0.39 is 12.1 Å². The first-order chi connectivity index (χ1) is 17.0. The number of nitrogens with one attached hydrogen (secondary N) is 1. The highest BCUT2D eigenvalue weighted by Crippen LogP contribution is 2.38. The maximum atomic E-state index is 13.2. The Labute approximate surface area is 207 Å². The van der Waals surface area contributed by atoms with Crippen LogP contribution in [0.5, 0.6) is 17.2 Å². The van der Waals surface area contributed by atoms with Gasteiger partial charge < -0.3 is 39.2 Å². The summed E-state index contributed by atoms with van der Waals surface area (Å²) in [6.45, 7) is 4.03. The molecule has 1 aromatic rings. The number of amides is 2. The third kappa shape index (κ3) is 9.41. The van der Waals surface area contributed by atoms with Crippen molar-refractivity contribution in [1.29, 1.82) is 0 Å². The molecule has 0 unspecified atom stereocenters. The third-order valence-electron chi connectivity index (χ3n) is 5.07. The van der Waals surface area contributed by atoms with Crippen molar-refractivity contribution in [3.05, 3.63) is 17.7 Å². The van der Waals surface area contributed by atoms with Crippen LogP contribution in [-0.4, -0.2) is 113 Å². The van der Waals surface area contributed by atoms with Crippen molar-refractivity contribution in [2.75, 3.05) is 74.3 Å². The zero-order chi connectivity index (χ0) is 27.3. The monoisotopic (exact) mass is 523 g/mol. The number of rotatable bonds is 10. The summed E-state index contributed by atoms with van der Waals surface area (Å²) in [6.07, 6.45) is -4.82. The Hall–Kier alpha value is -3.26. The number of piperazine rings is 1. The molecule has 0 bridgehead atoms. The van der Waals surface area contributed by atoms with Crippen LogP contribution in [0.1, 0.15) is 16.8 Å². The van der Waals surface area contributed by atoms with Gasteiger partial charge in [0.05, 0.1) is 27.9 Å². The van der Waals surface area contributed by atoms with Gasteiger partial charge >= 0.3 is 12.1 Å². The molecule has 1 heterocycles. The minimum absolute atomic E-state index is 0.0478. The Bertz CT molecular complexity index is 852. The molecule has 36 heavy (non-hydrogen) atoms. The van der Waals surface area contributed by atoms with Gasteiger partial charge in [0.2, 0.25) is 11.7 Å². The van der Waals surface area contributed by atoms with Crippen molar-refractivity contribution in [2.24, 2.45) is 0 Å². The molecule has 14 heteroatoms. The number of carbonyl (C=O) groups is 3. The van der Waals surface area contributed by atoms with Crippen LogP contribution in [0.25, 0.3) is 0 Å². The molecular weight excluding hydrogens is 491 g/mol. The number of methoxy groups -OCH3 is 4. The second-order valence-electron chi connectivity index (χ2n) is 7.38. The molecule has 0 radical (unpaired) electrons. The Balaban J connectivity index is 0.000000809. The highest BCUT2D eigenvalue weighted by atomic mass is 19.4. The number of halogens is 3. The maximum Gasteiger partial charge on any atom is 0.490 e. The Morgan fingerprint density at radius 3 is 1.94 bits per heavy atom. The highest BCUT2D eigenvalue weighted by Gasteiger charge is 2.38. The second-order valence-corrected chi connectivity index (χ2v) is 7.38. The minimum Gasteiger partial charge on any atom is -0.493 e. The molecule has 1 aliphatic rings. The van der Waals surface area contributed by atoms with Crippen molar-refractivity contribution in [1.82, 2.24) is 15.1 Å². The minimum atomic E-state index is -5.08. The van der Waals surface area contributed by atoms with E-state index in [0.29, 0.717) is 55.6 Å². The highest BCUT2D eigenvalue weighted by molar-refractivity contribution is 5.96. The van der Waals surface area contributed by atoms with Gasteiger partial charge in [0.1, 0.15) is 0 Å². The zero-order valence-electron chi connectivity index (χ0n) is 20.6. The first-order valence-corrected chi connectivity index (χ1v) is 10.9. The van der Waals surface area contributed by atoms with Gasteiger partial charge in [-0.3, -0.25) is 9.59 Å². The molecule has 0 saturated carbocycles. The Morgan fingerprint density at radius 2 is 1.53 bits per heavy atom. The van der Waals surface area contributed by atoms with E-state index in [1.54, 1.807) is 24.1 Å². The van der Waals surface area contributed by atoms with E-state index in [0.717, 1.165) is 13.1 Å². The average molecular weight is 524 g/mol. The third-order valence-corrected chi connectivity index (χ3v) is 5.07. The van der Waals surface area contributed by atoms with Crippen LogP contribution >= 0.6 is 0 Å². The summed E-state index contributed by atoms with van der Waals surface area (Å²) in [5.74, 6) is -1.71. The van der Waals surface area contributed by atoms with Crippen molar-refractivity contribution in [3.8, 4) is 17.2 Å². The molecule has 0 aromatic heterocycles. The van der Waals surface area contributed by atoms with Crippen LogP contribution in [0.2, 0.25) is 0 Å². The largest absolute Gasteiger partial charge is 0.493 e. The van der Waals surface area contributed by atoms with Crippen molar-refractivity contribution >= 4 is 17.8 Å². The molecule has 1 aromatic carbocycles. The van der Waals surface area contributed by atoms with Crippen LogP contribution in [-0.2, 0) is 14.3 Å². The summed E-state index contributed by atoms with van der Waals surface area (Å²) in [7, 11) is 6.09. The lowest BCUT2D eigenvalue weighted by Gasteiger charge is -2.29. The normalized spacial score (nSPS) is 13.2. The maximum absolute atomic E-state index is 13.2. The van der Waals surface area contributed by atoms with Crippen molar-refractivity contribution in [3.63, 3.8) is 0 Å². The summed E-state index contributed by atoms with van der Waals surface area (Å²) in [4.78, 5) is 38.0. The van der Waals surface area contributed by atoms with Crippen molar-refractivity contribution < 1.29 is 51.6 Å². The van der Waals surface area contributed by atoms with Gasteiger partial charge in [0.15, 0.2) is 11.5 Å². The van der Waals surface area contributed by atoms with Crippen LogP contribution < -0.4 is 19.5 Å². The second kappa shape index (κ2) is 15.0. The molecule has 0 aliphatic carbocycles. The number of carboxylic acids is 1. The molecule has 0 spiro atoms. The van der Waals surface area contributed by atoms with Crippen LogP contribution in [0.15, 0.2) is 12.1 Å². The summed E-state index contributed by atoms with van der Waals surface area (Å²) in [5, 5.41) is 10.3. The van der Waals surface area contributed by atoms with Gasteiger partial charge in [0.25, 0.3) is 5.91 Å². The number of carboxylic acid groups (broad SMARTS) is 1. The molecule has 2 N–H and O–H groups in total. The number of ether oxygens (including phenoxy) is 4. The average Bonchev–Trinajstić information content (AvgIpc) is 2.87. The van der Waals surface area contributed by atoms with Crippen LogP contribution in [0.3, 0.4) is 0 Å². The molecule has 1 saturated heterocycles. The number of nitrogens with zero attached hydrogens (tertiary/aromatic N) is 2. The fraction of sp³-hybridized carbons (Fsp3) is 0.591. The number of benzene rings is 1. The van der Waals surface area contributed by atoms with Crippen LogP contribution in [0, 0.1) is 0 Å². The molecule has 2 rings (SSSR count). The van der Waals surface area contributed by atoms with E-state index in [1.165, 1.54) is 21.3 Å². The first-order valence-electron chi connectivity index (χ1n) is 10.9. The Kier molecular flexibility index (Phi) is 12.8. The van der Waals surface area contributed by atoms with Gasteiger partial charge in [-0.2, -0.15) is 13.2 Å². The predicted octanol–water partition coefficient (Wildman–Crippen LogP) is 1.26. The van der Waals surface area contributed by atoms with E-state index in [2.05, 4.69) is 5.32 Å². The van der Waals surface area contributed by atoms with Gasteiger partial charge in [-0.1, -0.05) is 0 Å². The molecule has 11 nitrogen and oxygen atoms in total. The Morgan fingerprint density at radius 1 is 1.00 bits per heavy atom. The van der Waals surface area contributed by atoms with Gasteiger partial charge in [0, 0.05) is 58.4 Å². The van der Waals surface area contributed by atoms with E-state index in [-0.39, 0.29) is 18.2 Å². The molecule has 2 amide bonds. The zero-order valence-corrected chi connectivity index (χ0v) is 20.6. The van der Waals surface area contributed by atoms with Gasteiger partial charge in [-0.15, -0.1) is 0 Å². The smallest absolute Gasteiger partial charge is 0.490 e. The van der Waals surface area contributed by atoms with Gasteiger partial charge in [-0.05, 0) is 12.1 Å². The summed E-state index contributed by atoms with van der Waals surface area (Å²) >= 11 is 0. The van der Waals surface area contributed by atoms with E-state index in [9.17, 15) is 22.8 Å². The molecule has 1 fully saturated rings. The van der Waals surface area contributed by atoms with E-state index >= 15 is 0 Å². The lowest BCUT2D eigenvalue weighted by molar-refractivity contribution is -0.192. The van der Waals surface area contributed by atoms with Crippen molar-refractivity contribution in [2.45, 2.75) is 12.6 Å². The van der Waals surface area contributed by atoms with E-state index in [4.69, 9.17) is 28.8 Å². The fourth-order valence-electron chi connectivity index (χ4n) is 3.21. The fourth-order valence-corrected chi connectivity index (χ4v) is 3.21. The summed E-state index contributed by atoms with van der Waals surface area (Å²) in [5.41, 5.74) is 0.394. The lowest BCUT2D eigenvalue weighted by Crippen LogP contribution is -2.47. The summed E-state index contributed by atoms with van der Waals surface area (Å²) < 4.78 is 52.9. The van der Waals surface area contributed by atoms with Crippen LogP contribution in [0.4, 0.5) is 13.2 Å². The number of hydrogen-bond donors (Lipinski definition) is 2. The predicted molar refractivity (Wildman–Crippen MR) is 122 cm³/mol. The summed E-state index contributed by atoms with van der Waals surface area (Å²) in [6, 6.07) is 3.23. The molecule has 204 valence electrons. The van der Waals surface area contributed by atoms with E-state index in [1.807, 2.05) is 4.90 Å². The molecule has 1 aliphatic heterocycles. The molecular formula is C22H32F3N3O8.